The molecule has 0 N–H and O–H groups in total. The largest absolute Gasteiger partial charge is 0.497 e. The summed E-state index contributed by atoms with van der Waals surface area (Å²) in [4.78, 5) is 14.9. The smallest absolute Gasteiger partial charge is 0.415 e. The fourth-order valence-electron chi connectivity index (χ4n) is 2.68. The lowest BCUT2D eigenvalue weighted by Crippen LogP contribution is -2.33. The van der Waals surface area contributed by atoms with Gasteiger partial charge in [0.2, 0.25) is 0 Å². The number of rotatable bonds is 5. The van der Waals surface area contributed by atoms with Crippen molar-refractivity contribution < 1.29 is 14.3 Å². The zero-order chi connectivity index (χ0) is 18.7. The summed E-state index contributed by atoms with van der Waals surface area (Å²) in [6.45, 7) is 5.13. The SMILES string of the molecule is CCN(CC)C(=O)Oc1ccc2c(Br)c(-c3ccc(OC)cc3)sc2c1. The molecule has 0 aliphatic rings. The summed E-state index contributed by atoms with van der Waals surface area (Å²) in [5.74, 6) is 1.39. The van der Waals surface area contributed by atoms with E-state index in [2.05, 4.69) is 15.9 Å². The fraction of sp³-hybridized carbons (Fsp3) is 0.250. The molecule has 0 aliphatic carbocycles. The highest BCUT2D eigenvalue weighted by Gasteiger charge is 2.15. The average Bonchev–Trinajstić information content (AvgIpc) is 2.99. The average molecular weight is 434 g/mol. The number of hydrogen-bond donors (Lipinski definition) is 0. The minimum atomic E-state index is -0.319. The van der Waals surface area contributed by atoms with Crippen LogP contribution in [0.25, 0.3) is 20.5 Å². The molecule has 0 bridgehead atoms. The number of thiophene rings is 1. The predicted octanol–water partition coefficient (Wildman–Crippen LogP) is 6.18. The first-order valence-electron chi connectivity index (χ1n) is 8.40. The lowest BCUT2D eigenvalue weighted by molar-refractivity contribution is 0.157. The topological polar surface area (TPSA) is 38.8 Å². The first-order chi connectivity index (χ1) is 12.6. The molecule has 0 aliphatic heterocycles. The Bertz CT molecular complexity index is 917. The molecular formula is C20H20BrNO3S. The second-order valence-electron chi connectivity index (χ2n) is 5.67. The third-order valence-electron chi connectivity index (χ3n) is 4.18. The van der Waals surface area contributed by atoms with Crippen molar-refractivity contribution in [2.75, 3.05) is 20.2 Å². The fourth-order valence-corrected chi connectivity index (χ4v) is 4.76. The number of nitrogens with zero attached hydrogens (tertiary/aromatic N) is 1. The molecule has 3 rings (SSSR count). The summed E-state index contributed by atoms with van der Waals surface area (Å²) < 4.78 is 12.8. The molecule has 0 radical (unpaired) electrons. The maximum Gasteiger partial charge on any atom is 0.415 e. The van der Waals surface area contributed by atoms with Crippen molar-refractivity contribution in [1.29, 1.82) is 0 Å². The van der Waals surface area contributed by atoms with Gasteiger partial charge in [-0.2, -0.15) is 0 Å². The van der Waals surface area contributed by atoms with E-state index in [0.717, 1.165) is 30.7 Å². The quantitative estimate of drug-likeness (QED) is 0.481. The van der Waals surface area contributed by atoms with E-state index in [1.807, 2.05) is 56.3 Å². The molecule has 136 valence electrons. The van der Waals surface area contributed by atoms with Gasteiger partial charge >= 0.3 is 6.09 Å². The lowest BCUT2D eigenvalue weighted by Gasteiger charge is -2.17. The minimum absolute atomic E-state index is 0.319. The van der Waals surface area contributed by atoms with Crippen LogP contribution in [0.4, 0.5) is 4.79 Å². The van der Waals surface area contributed by atoms with Gasteiger partial charge in [0.1, 0.15) is 11.5 Å². The molecule has 1 amide bonds. The number of amides is 1. The van der Waals surface area contributed by atoms with E-state index in [0.29, 0.717) is 18.8 Å². The van der Waals surface area contributed by atoms with Gasteiger partial charge in [0.15, 0.2) is 0 Å². The maximum atomic E-state index is 12.2. The molecule has 26 heavy (non-hydrogen) atoms. The molecule has 0 fully saturated rings. The minimum Gasteiger partial charge on any atom is -0.497 e. The monoisotopic (exact) mass is 433 g/mol. The molecule has 0 unspecified atom stereocenters. The Morgan fingerprint density at radius 3 is 2.35 bits per heavy atom. The molecule has 0 saturated carbocycles. The van der Waals surface area contributed by atoms with Gasteiger partial charge in [-0.05, 0) is 77.8 Å². The summed E-state index contributed by atoms with van der Waals surface area (Å²) in [5.41, 5.74) is 1.11. The van der Waals surface area contributed by atoms with Crippen LogP contribution in [0.3, 0.4) is 0 Å². The molecule has 0 spiro atoms. The van der Waals surface area contributed by atoms with Gasteiger partial charge in [0.25, 0.3) is 0 Å². The zero-order valence-corrected chi connectivity index (χ0v) is 17.3. The molecule has 0 saturated heterocycles. The van der Waals surface area contributed by atoms with Crippen LogP contribution in [0, 0.1) is 0 Å². The van der Waals surface area contributed by atoms with Crippen LogP contribution < -0.4 is 9.47 Å². The van der Waals surface area contributed by atoms with Crippen LogP contribution in [-0.2, 0) is 0 Å². The summed E-state index contributed by atoms with van der Waals surface area (Å²) >= 11 is 5.37. The molecule has 6 heteroatoms. The summed E-state index contributed by atoms with van der Waals surface area (Å²) in [5, 5.41) is 1.10. The van der Waals surface area contributed by atoms with Crippen molar-refractivity contribution in [3.05, 3.63) is 46.9 Å². The molecule has 1 aromatic heterocycles. The van der Waals surface area contributed by atoms with Crippen LogP contribution in [-0.4, -0.2) is 31.2 Å². The van der Waals surface area contributed by atoms with E-state index in [-0.39, 0.29) is 6.09 Å². The highest BCUT2D eigenvalue weighted by atomic mass is 79.9. The van der Waals surface area contributed by atoms with E-state index >= 15 is 0 Å². The maximum absolute atomic E-state index is 12.2. The van der Waals surface area contributed by atoms with Gasteiger partial charge in [-0.15, -0.1) is 11.3 Å². The van der Waals surface area contributed by atoms with E-state index in [1.165, 1.54) is 0 Å². The van der Waals surface area contributed by atoms with Gasteiger partial charge in [-0.25, -0.2) is 4.79 Å². The Kier molecular flexibility index (Phi) is 5.84. The Hall–Kier alpha value is -2.05. The van der Waals surface area contributed by atoms with E-state index in [1.54, 1.807) is 23.3 Å². The first kappa shape index (κ1) is 18.7. The highest BCUT2D eigenvalue weighted by Crippen LogP contribution is 2.43. The van der Waals surface area contributed by atoms with Gasteiger partial charge in [0.05, 0.1) is 7.11 Å². The number of methoxy groups -OCH3 is 1. The van der Waals surface area contributed by atoms with E-state index < -0.39 is 0 Å². The Morgan fingerprint density at radius 2 is 1.73 bits per heavy atom. The van der Waals surface area contributed by atoms with Crippen molar-refractivity contribution in [1.82, 2.24) is 4.90 Å². The molecule has 1 heterocycles. The Labute approximate surface area is 165 Å². The number of carbonyl (C=O) groups excluding carboxylic acids is 1. The summed E-state index contributed by atoms with van der Waals surface area (Å²) in [6, 6.07) is 13.7. The third kappa shape index (κ3) is 3.71. The van der Waals surface area contributed by atoms with Crippen LogP contribution in [0.1, 0.15) is 13.8 Å². The van der Waals surface area contributed by atoms with Gasteiger partial charge in [0, 0.05) is 32.5 Å². The van der Waals surface area contributed by atoms with Gasteiger partial charge in [-0.1, -0.05) is 0 Å². The van der Waals surface area contributed by atoms with E-state index in [9.17, 15) is 4.79 Å². The number of fused-ring (bicyclic) bond motifs is 1. The summed E-state index contributed by atoms with van der Waals surface area (Å²) in [7, 11) is 1.66. The van der Waals surface area contributed by atoms with Crippen LogP contribution in [0.5, 0.6) is 11.5 Å². The Morgan fingerprint density at radius 1 is 1.08 bits per heavy atom. The van der Waals surface area contributed by atoms with Crippen LogP contribution in [0.15, 0.2) is 46.9 Å². The molecule has 0 atom stereocenters. The second-order valence-corrected chi connectivity index (χ2v) is 7.52. The number of carbonyl (C=O) groups is 1. The number of benzene rings is 2. The van der Waals surface area contributed by atoms with Crippen molar-refractivity contribution in [2.45, 2.75) is 13.8 Å². The van der Waals surface area contributed by atoms with Crippen molar-refractivity contribution in [2.24, 2.45) is 0 Å². The van der Waals surface area contributed by atoms with Crippen LogP contribution in [0.2, 0.25) is 0 Å². The lowest BCUT2D eigenvalue weighted by atomic mass is 10.1. The van der Waals surface area contributed by atoms with Gasteiger partial charge < -0.3 is 14.4 Å². The van der Waals surface area contributed by atoms with Crippen molar-refractivity contribution in [3.63, 3.8) is 0 Å². The molecule has 4 nitrogen and oxygen atoms in total. The standard InChI is InChI=1S/C20H20BrNO3S/c1-4-22(5-2)20(23)25-15-10-11-16-17(12-15)26-19(18(16)21)13-6-8-14(24-3)9-7-13/h6-12H,4-5H2,1-3H3. The van der Waals surface area contributed by atoms with E-state index in [4.69, 9.17) is 9.47 Å². The van der Waals surface area contributed by atoms with Crippen molar-refractivity contribution >= 4 is 43.4 Å². The van der Waals surface area contributed by atoms with Crippen molar-refractivity contribution in [3.8, 4) is 21.9 Å². The van der Waals surface area contributed by atoms with Gasteiger partial charge in [-0.3, -0.25) is 0 Å². The zero-order valence-electron chi connectivity index (χ0n) is 14.9. The molecular weight excluding hydrogens is 414 g/mol. The third-order valence-corrected chi connectivity index (χ3v) is 6.47. The summed E-state index contributed by atoms with van der Waals surface area (Å²) in [6.07, 6.45) is -0.319. The highest BCUT2D eigenvalue weighted by molar-refractivity contribution is 9.10. The molecule has 2 aromatic carbocycles. The number of ether oxygens (including phenoxy) is 2. The normalized spacial score (nSPS) is 10.8. The number of hydrogen-bond acceptors (Lipinski definition) is 4. The second kappa shape index (κ2) is 8.10. The van der Waals surface area contributed by atoms with Crippen LogP contribution >= 0.6 is 27.3 Å². The molecule has 3 aromatic rings. The Balaban J connectivity index is 1.92. The predicted molar refractivity (Wildman–Crippen MR) is 110 cm³/mol. The number of halogens is 1. The first-order valence-corrected chi connectivity index (χ1v) is 10.0.